The summed E-state index contributed by atoms with van der Waals surface area (Å²) in [6, 6.07) is 8.94. The molecule has 0 aliphatic carbocycles. The van der Waals surface area contributed by atoms with E-state index in [2.05, 4.69) is 0 Å². The number of hydrogen-bond acceptors (Lipinski definition) is 3. The standard InChI is InChI=1S/C13H14N2O2/c1-15(2)13(17)12(8-14)7-10-4-3-5-11(6-10)9-16/h3-7,16H,9H2,1-2H3. The molecule has 0 aliphatic rings. The predicted molar refractivity (Wildman–Crippen MR) is 64.6 cm³/mol. The van der Waals surface area contributed by atoms with Gasteiger partial charge in [-0.1, -0.05) is 18.2 Å². The number of hydrogen-bond donors (Lipinski definition) is 1. The number of aliphatic hydroxyl groups excluding tert-OH is 1. The van der Waals surface area contributed by atoms with Crippen LogP contribution in [0.2, 0.25) is 0 Å². The molecule has 0 fully saturated rings. The van der Waals surface area contributed by atoms with Crippen molar-refractivity contribution in [1.82, 2.24) is 4.90 Å². The van der Waals surface area contributed by atoms with Crippen molar-refractivity contribution in [3.8, 4) is 6.07 Å². The maximum absolute atomic E-state index is 11.6. The third-order valence-corrected chi connectivity index (χ3v) is 2.20. The lowest BCUT2D eigenvalue weighted by Crippen LogP contribution is -2.22. The van der Waals surface area contributed by atoms with Crippen molar-refractivity contribution < 1.29 is 9.90 Å². The minimum atomic E-state index is -0.332. The molecule has 0 radical (unpaired) electrons. The van der Waals surface area contributed by atoms with Gasteiger partial charge in [-0.15, -0.1) is 0 Å². The van der Waals surface area contributed by atoms with Crippen LogP contribution in [0, 0.1) is 11.3 Å². The molecule has 17 heavy (non-hydrogen) atoms. The van der Waals surface area contributed by atoms with E-state index in [0.717, 1.165) is 11.1 Å². The molecule has 88 valence electrons. The van der Waals surface area contributed by atoms with Gasteiger partial charge in [0.2, 0.25) is 0 Å². The van der Waals surface area contributed by atoms with Crippen LogP contribution in [0.15, 0.2) is 29.8 Å². The number of rotatable bonds is 3. The molecule has 4 nitrogen and oxygen atoms in total. The number of nitriles is 1. The molecule has 0 atom stereocenters. The second kappa shape index (κ2) is 5.83. The molecule has 0 unspecified atom stereocenters. The summed E-state index contributed by atoms with van der Waals surface area (Å²) in [6.07, 6.45) is 1.52. The van der Waals surface area contributed by atoms with Crippen LogP contribution in [-0.4, -0.2) is 30.0 Å². The van der Waals surface area contributed by atoms with Crippen LogP contribution >= 0.6 is 0 Å². The summed E-state index contributed by atoms with van der Waals surface area (Å²) in [4.78, 5) is 13.0. The van der Waals surface area contributed by atoms with Crippen molar-refractivity contribution in [3.63, 3.8) is 0 Å². The molecule has 4 heteroatoms. The van der Waals surface area contributed by atoms with Crippen molar-refractivity contribution in [2.45, 2.75) is 6.61 Å². The Bertz CT molecular complexity index is 484. The highest BCUT2D eigenvalue weighted by atomic mass is 16.3. The molecular weight excluding hydrogens is 216 g/mol. The molecule has 1 N–H and O–H groups in total. The molecule has 1 rings (SSSR count). The average molecular weight is 230 g/mol. The topological polar surface area (TPSA) is 64.3 Å². The smallest absolute Gasteiger partial charge is 0.264 e. The van der Waals surface area contributed by atoms with Crippen LogP contribution in [0.3, 0.4) is 0 Å². The van der Waals surface area contributed by atoms with Crippen LogP contribution in [0.5, 0.6) is 0 Å². The Labute approximate surface area is 100 Å². The normalized spacial score (nSPS) is 10.8. The van der Waals surface area contributed by atoms with E-state index in [1.165, 1.54) is 11.0 Å². The summed E-state index contributed by atoms with van der Waals surface area (Å²) in [5.41, 5.74) is 1.54. The maximum atomic E-state index is 11.6. The Morgan fingerprint density at radius 1 is 1.53 bits per heavy atom. The highest BCUT2D eigenvalue weighted by Crippen LogP contribution is 2.11. The number of carbonyl (C=O) groups excluding carboxylic acids is 1. The number of likely N-dealkylation sites (N-methyl/N-ethyl adjacent to an activating group) is 1. The molecule has 0 aliphatic heterocycles. The molecular formula is C13H14N2O2. The van der Waals surface area contributed by atoms with Gasteiger partial charge in [0.25, 0.3) is 5.91 Å². The zero-order valence-electron chi connectivity index (χ0n) is 9.84. The van der Waals surface area contributed by atoms with E-state index in [0.29, 0.717) is 0 Å². The third kappa shape index (κ3) is 3.44. The average Bonchev–Trinajstić information content (AvgIpc) is 2.35. The predicted octanol–water partition coefficient (Wildman–Crippen LogP) is 1.17. The van der Waals surface area contributed by atoms with Gasteiger partial charge in [-0.2, -0.15) is 5.26 Å². The Hall–Kier alpha value is -2.12. The van der Waals surface area contributed by atoms with Gasteiger partial charge in [-0.25, -0.2) is 0 Å². The number of carbonyl (C=O) groups is 1. The van der Waals surface area contributed by atoms with Crippen molar-refractivity contribution in [2.75, 3.05) is 14.1 Å². The van der Waals surface area contributed by atoms with Crippen molar-refractivity contribution in [1.29, 1.82) is 5.26 Å². The minimum absolute atomic E-state index is 0.0643. The molecule has 1 amide bonds. The molecule has 0 saturated heterocycles. The lowest BCUT2D eigenvalue weighted by Gasteiger charge is -2.08. The lowest BCUT2D eigenvalue weighted by atomic mass is 10.1. The summed E-state index contributed by atoms with van der Waals surface area (Å²) in [5.74, 6) is -0.332. The van der Waals surface area contributed by atoms with Gasteiger partial charge in [-0.05, 0) is 23.3 Å². The first-order valence-electron chi connectivity index (χ1n) is 5.11. The first-order chi connectivity index (χ1) is 8.08. The van der Waals surface area contributed by atoms with E-state index in [1.54, 1.807) is 38.4 Å². The van der Waals surface area contributed by atoms with Crippen molar-refractivity contribution in [3.05, 3.63) is 41.0 Å². The number of aliphatic hydroxyl groups is 1. The number of benzene rings is 1. The Morgan fingerprint density at radius 2 is 2.24 bits per heavy atom. The summed E-state index contributed by atoms with van der Waals surface area (Å²) >= 11 is 0. The van der Waals surface area contributed by atoms with Crippen molar-refractivity contribution in [2.24, 2.45) is 0 Å². The van der Waals surface area contributed by atoms with Crippen LogP contribution in [0.1, 0.15) is 11.1 Å². The van der Waals surface area contributed by atoms with Gasteiger partial charge in [0, 0.05) is 14.1 Å². The quantitative estimate of drug-likeness (QED) is 0.626. The Balaban J connectivity index is 3.07. The van der Waals surface area contributed by atoms with Crippen molar-refractivity contribution >= 4 is 12.0 Å². The summed E-state index contributed by atoms with van der Waals surface area (Å²) in [6.45, 7) is -0.0643. The molecule has 0 saturated carbocycles. The molecule has 0 spiro atoms. The first-order valence-corrected chi connectivity index (χ1v) is 5.11. The van der Waals surface area contributed by atoms with Crippen LogP contribution < -0.4 is 0 Å². The highest BCUT2D eigenvalue weighted by Gasteiger charge is 2.10. The molecule has 1 aromatic rings. The van der Waals surface area contributed by atoms with E-state index >= 15 is 0 Å². The molecule has 0 aromatic heterocycles. The maximum Gasteiger partial charge on any atom is 0.264 e. The summed E-state index contributed by atoms with van der Waals surface area (Å²) < 4.78 is 0. The zero-order valence-corrected chi connectivity index (χ0v) is 9.84. The fraction of sp³-hybridized carbons (Fsp3) is 0.231. The Kier molecular flexibility index (Phi) is 4.44. The second-order valence-corrected chi connectivity index (χ2v) is 3.77. The fourth-order valence-electron chi connectivity index (χ4n) is 1.33. The Morgan fingerprint density at radius 3 is 2.76 bits per heavy atom. The van der Waals surface area contributed by atoms with Gasteiger partial charge < -0.3 is 10.0 Å². The van der Waals surface area contributed by atoms with Crippen LogP contribution in [-0.2, 0) is 11.4 Å². The second-order valence-electron chi connectivity index (χ2n) is 3.77. The van der Waals surface area contributed by atoms with Gasteiger partial charge in [-0.3, -0.25) is 4.79 Å². The third-order valence-electron chi connectivity index (χ3n) is 2.20. The van der Waals surface area contributed by atoms with Gasteiger partial charge in [0.1, 0.15) is 11.6 Å². The van der Waals surface area contributed by atoms with Crippen LogP contribution in [0.4, 0.5) is 0 Å². The summed E-state index contributed by atoms with van der Waals surface area (Å²) in [5, 5.41) is 17.9. The van der Waals surface area contributed by atoms with E-state index < -0.39 is 0 Å². The minimum Gasteiger partial charge on any atom is -0.392 e. The number of amides is 1. The van der Waals surface area contributed by atoms with Gasteiger partial charge in [0.15, 0.2) is 0 Å². The SMILES string of the molecule is CN(C)C(=O)C(C#N)=Cc1cccc(CO)c1. The zero-order chi connectivity index (χ0) is 12.8. The van der Waals surface area contributed by atoms with E-state index in [9.17, 15) is 4.79 Å². The first kappa shape index (κ1) is 12.9. The van der Waals surface area contributed by atoms with Gasteiger partial charge in [0.05, 0.1) is 6.61 Å². The van der Waals surface area contributed by atoms with E-state index in [1.807, 2.05) is 6.07 Å². The van der Waals surface area contributed by atoms with Crippen LogP contribution in [0.25, 0.3) is 6.08 Å². The monoisotopic (exact) mass is 230 g/mol. The summed E-state index contributed by atoms with van der Waals surface area (Å²) in [7, 11) is 3.19. The van der Waals surface area contributed by atoms with E-state index in [4.69, 9.17) is 10.4 Å². The van der Waals surface area contributed by atoms with Gasteiger partial charge >= 0.3 is 0 Å². The molecule has 0 heterocycles. The molecule has 1 aromatic carbocycles. The molecule has 0 bridgehead atoms. The highest BCUT2D eigenvalue weighted by molar-refractivity contribution is 6.01. The number of nitrogens with zero attached hydrogens (tertiary/aromatic N) is 2. The lowest BCUT2D eigenvalue weighted by molar-refractivity contribution is -0.124. The fourth-order valence-corrected chi connectivity index (χ4v) is 1.33. The largest absolute Gasteiger partial charge is 0.392 e. The van der Waals surface area contributed by atoms with E-state index in [-0.39, 0.29) is 18.1 Å².